The molecule has 2 N–H and O–H groups in total. The number of aliphatic imine (C=N–C) groups is 1. The number of aryl methyl sites for hydroxylation is 2. The largest absolute Gasteiger partial charge is 0.477 e. The van der Waals surface area contributed by atoms with E-state index in [1.165, 1.54) is 0 Å². The molecule has 62 heavy (non-hydrogen) atoms. The minimum atomic E-state index is -0.607. The monoisotopic (exact) mass is 839 g/mol. The van der Waals surface area contributed by atoms with Crippen LogP contribution in [0.5, 0.6) is 5.88 Å². The fourth-order valence-electron chi connectivity index (χ4n) is 10.1. The Balaban J connectivity index is 0.785. The number of nitrogens with zero attached hydrogens (tertiary/aromatic N) is 9. The summed E-state index contributed by atoms with van der Waals surface area (Å²) in [6, 6.07) is 16.0. The summed E-state index contributed by atoms with van der Waals surface area (Å²) in [7, 11) is 1.85. The van der Waals surface area contributed by atoms with E-state index in [4.69, 9.17) is 14.7 Å². The lowest BCUT2D eigenvalue weighted by molar-refractivity contribution is -0.136. The van der Waals surface area contributed by atoms with Crippen LogP contribution < -0.4 is 30.1 Å². The number of carbonyl (C=O) groups excluding carboxylic acids is 4. The third-order valence-corrected chi connectivity index (χ3v) is 13.4. The first kappa shape index (κ1) is 39.8. The second-order valence-corrected chi connectivity index (χ2v) is 17.6. The van der Waals surface area contributed by atoms with Crippen molar-refractivity contribution in [3.63, 3.8) is 0 Å². The minimum Gasteiger partial charge on any atom is -0.477 e. The van der Waals surface area contributed by atoms with E-state index in [0.29, 0.717) is 72.4 Å². The van der Waals surface area contributed by atoms with Crippen molar-refractivity contribution in [3.05, 3.63) is 77.1 Å². The number of fused-ring (bicyclic) bond motifs is 8. The number of hydrogen-bond donors (Lipinski definition) is 2. The Hall–Kier alpha value is -6.29. The van der Waals surface area contributed by atoms with Gasteiger partial charge in [-0.1, -0.05) is 6.92 Å². The van der Waals surface area contributed by atoms with Gasteiger partial charge < -0.3 is 29.7 Å². The number of carbonyl (C=O) groups is 4. The number of imide groups is 1. The van der Waals surface area contributed by atoms with Crippen molar-refractivity contribution in [2.75, 3.05) is 72.4 Å². The second-order valence-electron chi connectivity index (χ2n) is 17.6. The van der Waals surface area contributed by atoms with E-state index in [0.717, 1.165) is 98.8 Å². The number of anilines is 4. The van der Waals surface area contributed by atoms with E-state index in [9.17, 15) is 19.2 Å². The van der Waals surface area contributed by atoms with Crippen LogP contribution in [0.3, 0.4) is 0 Å². The van der Waals surface area contributed by atoms with E-state index in [-0.39, 0.29) is 30.0 Å². The summed E-state index contributed by atoms with van der Waals surface area (Å²) < 4.78 is 7.98. The second kappa shape index (κ2) is 16.2. The maximum atomic E-state index is 13.9. The maximum absolute atomic E-state index is 13.9. The smallest absolute Gasteiger partial charge is 0.280 e. The molecular formula is C46H53N11O5. The van der Waals surface area contributed by atoms with Crippen LogP contribution in [0.15, 0.2) is 59.7 Å². The maximum Gasteiger partial charge on any atom is 0.280 e. The molecule has 3 fully saturated rings. The van der Waals surface area contributed by atoms with Crippen molar-refractivity contribution in [3.8, 4) is 17.1 Å². The van der Waals surface area contributed by atoms with Crippen LogP contribution in [-0.2, 0) is 23.2 Å². The molecule has 0 saturated carbocycles. The zero-order valence-corrected chi connectivity index (χ0v) is 35.6. The average molecular weight is 840 g/mol. The van der Waals surface area contributed by atoms with Gasteiger partial charge in [-0.05, 0) is 99.0 Å². The number of rotatable bonds is 4. The van der Waals surface area contributed by atoms with Crippen molar-refractivity contribution in [2.45, 2.75) is 71.0 Å². The molecule has 4 amide bonds. The first-order valence-electron chi connectivity index (χ1n) is 22.0. The molecule has 0 spiro atoms. The molecule has 0 unspecified atom stereocenters. The molecule has 0 radical (unpaired) electrons. The van der Waals surface area contributed by atoms with Crippen molar-refractivity contribution in [1.82, 2.24) is 29.9 Å². The van der Waals surface area contributed by atoms with E-state index < -0.39 is 6.04 Å². The summed E-state index contributed by atoms with van der Waals surface area (Å²) in [5, 5.41) is 10.3. The van der Waals surface area contributed by atoms with Crippen LogP contribution in [0.1, 0.15) is 77.4 Å². The Morgan fingerprint density at radius 2 is 1.60 bits per heavy atom. The molecule has 4 aromatic rings. The fraction of sp³-hybridized carbons (Fsp3) is 0.457. The first-order valence-corrected chi connectivity index (χ1v) is 22.0. The molecule has 3 saturated heterocycles. The highest BCUT2D eigenvalue weighted by atomic mass is 16.5. The third kappa shape index (κ3) is 7.54. The zero-order valence-electron chi connectivity index (χ0n) is 35.6. The number of aromatic nitrogens is 3. The highest BCUT2D eigenvalue weighted by molar-refractivity contribution is 6.19. The van der Waals surface area contributed by atoms with Gasteiger partial charge in [-0.25, -0.2) is 4.68 Å². The number of piperidine rings is 2. The quantitative estimate of drug-likeness (QED) is 0.276. The molecule has 8 heterocycles. The van der Waals surface area contributed by atoms with Crippen LogP contribution in [-0.4, -0.2) is 119 Å². The van der Waals surface area contributed by atoms with Crippen molar-refractivity contribution in [1.29, 1.82) is 0 Å². The number of hydrogen-bond acceptors (Lipinski definition) is 12. The Bertz CT molecular complexity index is 2480. The van der Waals surface area contributed by atoms with Crippen molar-refractivity contribution in [2.24, 2.45) is 18.0 Å². The summed E-state index contributed by atoms with van der Waals surface area (Å²) in [4.78, 5) is 72.1. The van der Waals surface area contributed by atoms with Crippen LogP contribution in [0.4, 0.5) is 22.7 Å². The SMILES string of the molecule is Cc1cc2cc(n1)-c1cnn(C)c1OCCC[C@@H](C)CN1/C(=N/C2=O)Nc2ccc(N3CCN(C4CCN(c5ccc6c(c5)CN([C@H]5CCC(=O)NC5=O)C6=O)CC4)CC3)cc21. The molecule has 322 valence electrons. The standard InChI is InChI=1S/C46H53N11O5/c1-28-5-4-20-62-45-36(25-47-52(45)3)38-23-30(21-29(2)48-38)42(59)51-46-49-37-9-7-34(24-40(37)57(46)26-28)55-18-16-54(17-19-55)32-12-14-53(15-13-32)33-6-8-35-31(22-33)27-56(44(35)61)39-10-11-41(58)50-43(39)60/h6-9,21-25,28,32,39H,4-5,10-20,26-27H2,1-3H3,(H,49,51,59)(H,50,58,60)/t28-,39+/m1/s1. The number of benzene rings is 2. The Labute approximate surface area is 360 Å². The number of piperazine rings is 1. The lowest BCUT2D eigenvalue weighted by Crippen LogP contribution is -2.53. The van der Waals surface area contributed by atoms with Gasteiger partial charge in [0.15, 0.2) is 0 Å². The first-order chi connectivity index (χ1) is 30.1. The molecule has 16 heteroatoms. The molecule has 16 nitrogen and oxygen atoms in total. The predicted molar refractivity (Wildman–Crippen MR) is 236 cm³/mol. The summed E-state index contributed by atoms with van der Waals surface area (Å²) in [6.07, 6.45) is 6.28. The van der Waals surface area contributed by atoms with Gasteiger partial charge >= 0.3 is 0 Å². The van der Waals surface area contributed by atoms with E-state index in [2.05, 4.69) is 66.5 Å². The molecular weight excluding hydrogens is 787 g/mol. The van der Waals surface area contributed by atoms with Crippen molar-refractivity contribution >= 4 is 52.3 Å². The van der Waals surface area contributed by atoms with Crippen LogP contribution >= 0.6 is 0 Å². The van der Waals surface area contributed by atoms with Gasteiger partial charge in [0, 0.05) is 100 Å². The van der Waals surface area contributed by atoms with Crippen molar-refractivity contribution < 1.29 is 23.9 Å². The fourth-order valence-corrected chi connectivity index (χ4v) is 10.1. The number of amides is 4. The van der Waals surface area contributed by atoms with Gasteiger partial charge in [0.25, 0.3) is 11.8 Å². The number of nitrogens with one attached hydrogen (secondary N) is 2. The Morgan fingerprint density at radius 3 is 2.40 bits per heavy atom. The summed E-state index contributed by atoms with van der Waals surface area (Å²) in [6.45, 7) is 11.4. The predicted octanol–water partition coefficient (Wildman–Crippen LogP) is 4.58. The highest BCUT2D eigenvalue weighted by Crippen LogP contribution is 2.39. The minimum absolute atomic E-state index is 0.138. The molecule has 0 aliphatic carbocycles. The topological polar surface area (TPSA) is 161 Å². The molecule has 6 aliphatic rings. The Kier molecular flexibility index (Phi) is 10.4. The van der Waals surface area contributed by atoms with Gasteiger partial charge in [0.1, 0.15) is 6.04 Å². The molecule has 2 bridgehead atoms. The number of pyridine rings is 1. The summed E-state index contributed by atoms with van der Waals surface area (Å²) in [5.74, 6) is 0.339. The van der Waals surface area contributed by atoms with Crippen LogP contribution in [0, 0.1) is 12.8 Å². The van der Waals surface area contributed by atoms with Gasteiger partial charge in [-0.2, -0.15) is 10.1 Å². The average Bonchev–Trinajstić information content (AvgIpc) is 3.92. The lowest BCUT2D eigenvalue weighted by atomic mass is 10.0. The number of guanidine groups is 1. The molecule has 2 aromatic heterocycles. The number of ether oxygens (including phenoxy) is 1. The van der Waals surface area contributed by atoms with Crippen LogP contribution in [0.2, 0.25) is 0 Å². The van der Waals surface area contributed by atoms with E-state index in [1.54, 1.807) is 27.9 Å². The summed E-state index contributed by atoms with van der Waals surface area (Å²) in [5.41, 5.74) is 8.39. The third-order valence-electron chi connectivity index (χ3n) is 13.4. The van der Waals surface area contributed by atoms with Gasteiger partial charge in [0.2, 0.25) is 23.7 Å². The van der Waals surface area contributed by atoms with Gasteiger partial charge in [-0.3, -0.25) is 34.4 Å². The highest BCUT2D eigenvalue weighted by Gasteiger charge is 2.40. The Morgan fingerprint density at radius 1 is 0.823 bits per heavy atom. The lowest BCUT2D eigenvalue weighted by Gasteiger charge is -2.44. The molecule has 2 atom stereocenters. The normalized spacial score (nSPS) is 23.3. The van der Waals surface area contributed by atoms with E-state index in [1.807, 2.05) is 26.1 Å². The molecule has 2 aromatic carbocycles. The van der Waals surface area contributed by atoms with Gasteiger partial charge in [-0.15, -0.1) is 0 Å². The van der Waals surface area contributed by atoms with Crippen LogP contribution in [0.25, 0.3) is 11.3 Å². The zero-order chi connectivity index (χ0) is 42.6. The summed E-state index contributed by atoms with van der Waals surface area (Å²) >= 11 is 0. The molecule has 6 aliphatic heterocycles. The van der Waals surface area contributed by atoms with Gasteiger partial charge in [0.05, 0.1) is 35.4 Å². The van der Waals surface area contributed by atoms with E-state index >= 15 is 0 Å². The molecule has 10 rings (SSSR count).